The lowest BCUT2D eigenvalue weighted by Gasteiger charge is -2.33. The Hall–Kier alpha value is -3.78. The third kappa shape index (κ3) is 6.12. The zero-order valence-electron chi connectivity index (χ0n) is 23.0. The molecule has 2 amide bonds. The van der Waals surface area contributed by atoms with Crippen molar-refractivity contribution in [3.8, 4) is 22.9 Å². The monoisotopic (exact) mass is 588 g/mol. The molecule has 1 aliphatic carbocycles. The number of amides is 2. The van der Waals surface area contributed by atoms with E-state index >= 15 is 0 Å². The van der Waals surface area contributed by atoms with Crippen LogP contribution in [0.5, 0.6) is 11.6 Å². The number of aryl methyl sites for hydroxylation is 1. The zero-order valence-corrected chi connectivity index (χ0v) is 23.0. The number of hydrogen-bond acceptors (Lipinski definition) is 6. The molecule has 4 atom stereocenters. The fraction of sp³-hybridized carbons (Fsp3) is 0.538. The number of imidazole rings is 1. The fourth-order valence-electron chi connectivity index (χ4n) is 5.07. The van der Waals surface area contributed by atoms with Crippen molar-refractivity contribution in [1.29, 1.82) is 0 Å². The van der Waals surface area contributed by atoms with E-state index in [-0.39, 0.29) is 35.7 Å². The molecule has 3 aromatic heterocycles. The van der Waals surface area contributed by atoms with Crippen LogP contribution in [0.4, 0.5) is 31.1 Å². The molecule has 3 unspecified atom stereocenters. The maximum atomic E-state index is 14.6. The molecule has 0 saturated heterocycles. The summed E-state index contributed by atoms with van der Waals surface area (Å²) in [6.45, 7) is 4.28. The lowest BCUT2D eigenvalue weighted by molar-refractivity contribution is -0.179. The van der Waals surface area contributed by atoms with Gasteiger partial charge in [0.05, 0.1) is 43.4 Å². The predicted octanol–water partition coefficient (Wildman–Crippen LogP) is 5.73. The smallest absolute Gasteiger partial charge is 0.414 e. The van der Waals surface area contributed by atoms with Gasteiger partial charge in [0.1, 0.15) is 5.75 Å². The third-order valence-electron chi connectivity index (χ3n) is 7.13. The average Bonchev–Trinajstić information content (AvgIpc) is 3.63. The molecule has 0 radical (unpaired) electrons. The first-order valence-corrected chi connectivity index (χ1v) is 12.9. The maximum absolute atomic E-state index is 14.6. The van der Waals surface area contributed by atoms with Gasteiger partial charge in [-0.1, -0.05) is 6.92 Å². The van der Waals surface area contributed by atoms with Crippen molar-refractivity contribution in [3.05, 3.63) is 36.0 Å². The van der Waals surface area contributed by atoms with Crippen molar-refractivity contribution in [2.45, 2.75) is 58.0 Å². The molecule has 0 aromatic carbocycles. The number of fused-ring (bicyclic) bond motifs is 1. The predicted molar refractivity (Wildman–Crippen MR) is 135 cm³/mol. The number of alkyl halides is 6. The second kappa shape index (κ2) is 11.2. The van der Waals surface area contributed by atoms with E-state index in [0.717, 1.165) is 12.3 Å². The summed E-state index contributed by atoms with van der Waals surface area (Å²) >= 11 is 0. The molecule has 224 valence electrons. The summed E-state index contributed by atoms with van der Waals surface area (Å²) < 4.78 is 95.4. The lowest BCUT2D eigenvalue weighted by Crippen LogP contribution is -2.50. The number of rotatable bonds is 9. The van der Waals surface area contributed by atoms with Crippen LogP contribution in [-0.4, -0.2) is 69.4 Å². The summed E-state index contributed by atoms with van der Waals surface area (Å²) in [6.07, 6.45) is -5.13. The first-order valence-electron chi connectivity index (χ1n) is 12.9. The number of halogens is 6. The Kier molecular flexibility index (Phi) is 8.28. The number of urea groups is 1. The number of carbonyl (C=O) groups excluding carboxylic acids is 1. The minimum Gasteiger partial charge on any atom is -0.494 e. The van der Waals surface area contributed by atoms with E-state index in [1.165, 1.54) is 21.1 Å². The van der Waals surface area contributed by atoms with Crippen LogP contribution >= 0.6 is 0 Å². The van der Waals surface area contributed by atoms with Crippen LogP contribution in [-0.2, 0) is 0 Å². The van der Waals surface area contributed by atoms with Crippen LogP contribution in [0.3, 0.4) is 0 Å². The molecule has 41 heavy (non-hydrogen) atoms. The molecule has 0 aliphatic heterocycles. The zero-order chi connectivity index (χ0) is 30.3. The van der Waals surface area contributed by atoms with Crippen LogP contribution in [0.25, 0.3) is 16.9 Å². The van der Waals surface area contributed by atoms with Crippen LogP contribution in [0.2, 0.25) is 0 Å². The van der Waals surface area contributed by atoms with Crippen molar-refractivity contribution in [2.75, 3.05) is 20.8 Å². The van der Waals surface area contributed by atoms with E-state index in [0.29, 0.717) is 16.2 Å². The molecule has 3 aromatic rings. The molecule has 1 N–H and O–H groups in total. The molecule has 0 spiro atoms. The second-order valence-corrected chi connectivity index (χ2v) is 9.80. The highest BCUT2D eigenvalue weighted by Crippen LogP contribution is 2.52. The number of methoxy groups -OCH3 is 2. The number of hydrogen-bond donors (Lipinski definition) is 1. The Morgan fingerprint density at radius 1 is 1.15 bits per heavy atom. The van der Waals surface area contributed by atoms with E-state index < -0.39 is 54.5 Å². The van der Waals surface area contributed by atoms with Crippen molar-refractivity contribution in [3.63, 3.8) is 0 Å². The highest BCUT2D eigenvalue weighted by atomic mass is 19.4. The molecular weight excluding hydrogens is 558 g/mol. The summed E-state index contributed by atoms with van der Waals surface area (Å²) in [5.41, 5.74) is 0.869. The summed E-state index contributed by atoms with van der Waals surface area (Å²) in [6, 6.07) is -3.45. The van der Waals surface area contributed by atoms with Crippen molar-refractivity contribution in [2.24, 2.45) is 11.8 Å². The number of ether oxygens (including phenoxy) is 2. The maximum Gasteiger partial charge on any atom is 0.414 e. The Morgan fingerprint density at radius 3 is 2.39 bits per heavy atom. The second-order valence-electron chi connectivity index (χ2n) is 9.80. The van der Waals surface area contributed by atoms with Gasteiger partial charge in [-0.05, 0) is 38.7 Å². The highest BCUT2D eigenvalue weighted by Gasteiger charge is 2.58. The number of carbonyl (C=O) groups is 1. The lowest BCUT2D eigenvalue weighted by atomic mass is 10.1. The van der Waals surface area contributed by atoms with Crippen LogP contribution in [0, 0.1) is 18.8 Å². The quantitative estimate of drug-likeness (QED) is 0.321. The van der Waals surface area contributed by atoms with Gasteiger partial charge < -0.3 is 24.1 Å². The summed E-state index contributed by atoms with van der Waals surface area (Å²) in [7, 11) is 2.70. The van der Waals surface area contributed by atoms with Crippen molar-refractivity contribution < 1.29 is 40.6 Å². The molecule has 9 nitrogen and oxygen atoms in total. The molecule has 15 heteroatoms. The summed E-state index contributed by atoms with van der Waals surface area (Å²) in [5.74, 6) is -2.24. The fourth-order valence-corrected chi connectivity index (χ4v) is 5.07. The molecule has 1 fully saturated rings. The Bertz CT molecular complexity index is 1410. The van der Waals surface area contributed by atoms with Gasteiger partial charge in [0.25, 0.3) is 5.88 Å². The van der Waals surface area contributed by atoms with Gasteiger partial charge in [-0.3, -0.25) is 4.98 Å². The van der Waals surface area contributed by atoms with Crippen molar-refractivity contribution in [1.82, 2.24) is 29.6 Å². The van der Waals surface area contributed by atoms with Crippen molar-refractivity contribution >= 4 is 11.7 Å². The van der Waals surface area contributed by atoms with E-state index in [9.17, 15) is 31.1 Å². The van der Waals surface area contributed by atoms with Crippen LogP contribution in [0.1, 0.15) is 44.1 Å². The van der Waals surface area contributed by atoms with Gasteiger partial charge >= 0.3 is 18.4 Å². The Balaban J connectivity index is 1.72. The minimum absolute atomic E-state index is 0.117. The topological polar surface area (TPSA) is 93.9 Å². The van der Waals surface area contributed by atoms with Gasteiger partial charge in [0.15, 0.2) is 6.04 Å². The van der Waals surface area contributed by atoms with Gasteiger partial charge in [0.2, 0.25) is 5.65 Å². The standard InChI is InChI=1S/C26H30F6N6O3/c1-6-17(14-8-16(14)25(27,28)29)36-24(39)38(7-2)21(26(30,31)32)18-9-15(20(40-4)10-33-18)19-12-37-11-13(3)34-22(37)23(35-19)41-5/h9-12,14,16-17,21H,6-8H2,1-5H3,(H,36,39)/t14?,16?,17?,21-/m0/s1. The number of aromatic nitrogens is 4. The highest BCUT2D eigenvalue weighted by molar-refractivity contribution is 5.76. The number of nitrogens with zero attached hydrogens (tertiary/aromatic N) is 5. The summed E-state index contributed by atoms with van der Waals surface area (Å²) in [4.78, 5) is 26.3. The number of nitrogens with one attached hydrogen (secondary N) is 1. The molecule has 0 bridgehead atoms. The third-order valence-corrected chi connectivity index (χ3v) is 7.13. The normalized spacial score (nSPS) is 18.6. The van der Waals surface area contributed by atoms with Gasteiger partial charge in [0, 0.05) is 30.5 Å². The average molecular weight is 589 g/mol. The van der Waals surface area contributed by atoms with Crippen LogP contribution < -0.4 is 14.8 Å². The van der Waals surface area contributed by atoms with E-state index in [4.69, 9.17) is 9.47 Å². The minimum atomic E-state index is -4.97. The molecule has 1 aliphatic rings. The Labute approximate surface area is 231 Å². The van der Waals surface area contributed by atoms with E-state index in [2.05, 4.69) is 20.3 Å². The van der Waals surface area contributed by atoms with Gasteiger partial charge in [-0.2, -0.15) is 26.3 Å². The number of pyridine rings is 1. The first kappa shape index (κ1) is 30.2. The molecular formula is C26H30F6N6O3. The first-order chi connectivity index (χ1) is 19.2. The summed E-state index contributed by atoms with van der Waals surface area (Å²) in [5, 5.41) is 2.41. The van der Waals surface area contributed by atoms with Crippen LogP contribution in [0.15, 0.2) is 24.7 Å². The van der Waals surface area contributed by atoms with E-state index in [1.807, 2.05) is 0 Å². The molecule has 4 rings (SSSR count). The molecule has 1 saturated carbocycles. The molecule has 3 heterocycles. The van der Waals surface area contributed by atoms with Gasteiger partial charge in [-0.25, -0.2) is 14.8 Å². The largest absolute Gasteiger partial charge is 0.494 e. The van der Waals surface area contributed by atoms with Gasteiger partial charge in [-0.15, -0.1) is 0 Å². The SMILES string of the molecule is CCC(NC(=O)N(CC)[C@@H](c1cc(-c2cn3cc(C)nc3c(OC)n2)c(OC)cn1)C(F)(F)F)C1CC1C(F)(F)F. The Morgan fingerprint density at radius 2 is 1.85 bits per heavy atom. The van der Waals surface area contributed by atoms with E-state index in [1.54, 1.807) is 30.6 Å².